The third-order valence-electron chi connectivity index (χ3n) is 0.930. The van der Waals surface area contributed by atoms with E-state index in [2.05, 4.69) is 5.32 Å². The number of hydrogen-bond acceptors (Lipinski definition) is 3. The summed E-state index contributed by atoms with van der Waals surface area (Å²) < 4.78 is 10.5. The monoisotopic (exact) mass is 164 g/mol. The van der Waals surface area contributed by atoms with Crippen molar-refractivity contribution < 1.29 is 14.5 Å². The molecule has 0 aromatic rings. The minimum Gasteiger partial charge on any atom is -0.377 e. The highest BCUT2D eigenvalue weighted by Crippen LogP contribution is 2.13. The third-order valence-corrected chi connectivity index (χ3v) is 1.78. The summed E-state index contributed by atoms with van der Waals surface area (Å²) >= 11 is 0. The number of carbonyl (C=O) groups is 1. The number of amides is 1. The van der Waals surface area contributed by atoms with Crippen molar-refractivity contribution in [3.63, 3.8) is 0 Å². The summed E-state index contributed by atoms with van der Waals surface area (Å²) in [5.74, 6) is -0.257. The molecule has 10 heavy (non-hydrogen) atoms. The molecule has 1 amide bonds. The van der Waals surface area contributed by atoms with Crippen molar-refractivity contribution >= 4 is 13.7 Å². The molecule has 2 N–H and O–H groups in total. The van der Waals surface area contributed by atoms with Crippen LogP contribution in [-0.2, 0) is 9.36 Å². The molecule has 0 fully saturated rings. The van der Waals surface area contributed by atoms with E-state index in [4.69, 9.17) is 5.11 Å². The minimum absolute atomic E-state index is 0.228. The van der Waals surface area contributed by atoms with Gasteiger partial charge in [-0.3, -0.25) is 4.79 Å². The molecule has 1 atom stereocenters. The maximum atomic E-state index is 10.5. The van der Waals surface area contributed by atoms with Crippen molar-refractivity contribution in [1.29, 1.82) is 0 Å². The fraction of sp³-hybridized carbons (Fsp3) is 0.800. The largest absolute Gasteiger partial charge is 0.377 e. The van der Waals surface area contributed by atoms with Gasteiger partial charge in [0.05, 0.1) is 6.42 Å². The van der Waals surface area contributed by atoms with Crippen LogP contribution in [0.1, 0.15) is 6.42 Å². The third kappa shape index (κ3) is 5.66. The van der Waals surface area contributed by atoms with E-state index in [1.807, 2.05) is 0 Å². The van der Waals surface area contributed by atoms with Gasteiger partial charge in [0.1, 0.15) is 13.4 Å². The summed E-state index contributed by atoms with van der Waals surface area (Å²) in [6, 6.07) is 0. The van der Waals surface area contributed by atoms with Gasteiger partial charge < -0.3 is 10.4 Å². The molecule has 4 nitrogen and oxygen atoms in total. The Morgan fingerprint density at radius 3 is 2.70 bits per heavy atom. The highest BCUT2D eigenvalue weighted by Gasteiger charge is 2.08. The maximum absolute atomic E-state index is 10.5. The second kappa shape index (κ2) is 5.33. The predicted octanol–water partition coefficient (Wildman–Crippen LogP) is -0.100. The lowest BCUT2D eigenvalue weighted by atomic mass is 10.5. The molecule has 0 aliphatic carbocycles. The molecule has 0 rings (SSSR count). The zero-order valence-electron chi connectivity index (χ0n) is 5.83. The molecule has 0 aliphatic rings. The Morgan fingerprint density at radius 1 is 1.70 bits per heavy atom. The molecular weight excluding hydrogens is 153 g/mol. The molecule has 58 valence electrons. The second-order valence-corrected chi connectivity index (χ2v) is 3.56. The molecule has 0 aromatic heterocycles. The summed E-state index contributed by atoms with van der Waals surface area (Å²) in [5, 5.41) is 10.4. The van der Waals surface area contributed by atoms with Gasteiger partial charge in [0, 0.05) is 0 Å². The van der Waals surface area contributed by atoms with E-state index in [-0.39, 0.29) is 19.1 Å². The van der Waals surface area contributed by atoms with Crippen LogP contribution in [0, 0.1) is 0 Å². The van der Waals surface area contributed by atoms with Crippen molar-refractivity contribution in [2.75, 3.05) is 19.6 Å². The Kier molecular flexibility index (Phi) is 5.08. The van der Waals surface area contributed by atoms with Crippen LogP contribution in [0.25, 0.3) is 0 Å². The van der Waals surface area contributed by atoms with E-state index in [0.717, 1.165) is 0 Å². The highest BCUT2D eigenvalue weighted by molar-refractivity contribution is 7.43. The smallest absolute Gasteiger partial charge is 0.336 e. The van der Waals surface area contributed by atoms with Crippen molar-refractivity contribution in [2.45, 2.75) is 6.42 Å². The summed E-state index contributed by atoms with van der Waals surface area (Å²) in [4.78, 5) is 10.5. The first-order valence-electron chi connectivity index (χ1n) is 2.92. The van der Waals surface area contributed by atoms with E-state index in [1.54, 1.807) is 6.66 Å². The number of aliphatic hydroxyl groups excluding tert-OH is 1. The Bertz CT molecular complexity index is 137. The molecule has 0 heterocycles. The summed E-state index contributed by atoms with van der Waals surface area (Å²) in [5.41, 5.74) is 0. The van der Waals surface area contributed by atoms with Crippen LogP contribution in [0.4, 0.5) is 0 Å². The molecule has 0 saturated carbocycles. The normalized spacial score (nSPS) is 10.8. The van der Waals surface area contributed by atoms with E-state index in [1.165, 1.54) is 0 Å². The Hall–Kier alpha value is -0.470. The standard InChI is InChI=1S/C5H10NO3P/c1-10(9)3-2-5(8)6-4-7/h7H,2-4H2,1H3/p+1. The lowest BCUT2D eigenvalue weighted by molar-refractivity contribution is -0.121. The van der Waals surface area contributed by atoms with Gasteiger partial charge in [-0.15, -0.1) is 0 Å². The zero-order chi connectivity index (χ0) is 7.98. The number of carbonyl (C=O) groups excluding carboxylic acids is 1. The van der Waals surface area contributed by atoms with Crippen molar-refractivity contribution in [1.82, 2.24) is 5.32 Å². The van der Waals surface area contributed by atoms with Crippen LogP contribution < -0.4 is 5.32 Å². The van der Waals surface area contributed by atoms with E-state index < -0.39 is 7.80 Å². The Balaban J connectivity index is 3.30. The maximum Gasteiger partial charge on any atom is 0.336 e. The van der Waals surface area contributed by atoms with Gasteiger partial charge in [0.25, 0.3) is 0 Å². The first kappa shape index (κ1) is 9.53. The minimum atomic E-state index is -1.24. The van der Waals surface area contributed by atoms with Crippen molar-refractivity contribution in [3.05, 3.63) is 0 Å². The fourth-order valence-electron chi connectivity index (χ4n) is 0.436. The molecule has 0 aliphatic heterocycles. The van der Waals surface area contributed by atoms with Crippen molar-refractivity contribution in [2.24, 2.45) is 0 Å². The van der Waals surface area contributed by atoms with E-state index in [0.29, 0.717) is 6.16 Å². The Morgan fingerprint density at radius 2 is 2.30 bits per heavy atom. The van der Waals surface area contributed by atoms with Crippen LogP contribution >= 0.6 is 7.80 Å². The molecule has 0 radical (unpaired) electrons. The second-order valence-electron chi connectivity index (χ2n) is 1.86. The van der Waals surface area contributed by atoms with Gasteiger partial charge in [-0.1, -0.05) is 4.57 Å². The lowest BCUT2D eigenvalue weighted by Gasteiger charge is -1.94. The molecular formula is C5H11NO3P+. The number of hydrogen-bond donors (Lipinski definition) is 2. The fourth-order valence-corrected chi connectivity index (χ4v) is 0.954. The van der Waals surface area contributed by atoms with Gasteiger partial charge in [0.2, 0.25) is 5.91 Å². The van der Waals surface area contributed by atoms with Gasteiger partial charge in [-0.25, -0.2) is 0 Å². The number of aliphatic hydroxyl groups is 1. The van der Waals surface area contributed by atoms with Crippen LogP contribution in [0.15, 0.2) is 0 Å². The molecule has 0 bridgehead atoms. The van der Waals surface area contributed by atoms with Gasteiger partial charge >= 0.3 is 7.80 Å². The zero-order valence-corrected chi connectivity index (χ0v) is 6.73. The highest BCUT2D eigenvalue weighted by atomic mass is 31.1. The molecule has 1 unspecified atom stereocenters. The van der Waals surface area contributed by atoms with E-state index in [9.17, 15) is 9.36 Å². The van der Waals surface area contributed by atoms with Crippen LogP contribution in [-0.4, -0.2) is 30.6 Å². The molecule has 5 heteroatoms. The van der Waals surface area contributed by atoms with Gasteiger partial charge in [0.15, 0.2) is 6.16 Å². The topological polar surface area (TPSA) is 66.4 Å². The first-order valence-corrected chi connectivity index (χ1v) is 4.82. The van der Waals surface area contributed by atoms with Crippen molar-refractivity contribution in [3.8, 4) is 0 Å². The molecule has 0 aromatic carbocycles. The van der Waals surface area contributed by atoms with Crippen LogP contribution in [0.2, 0.25) is 0 Å². The predicted molar refractivity (Wildman–Crippen MR) is 38.2 cm³/mol. The first-order chi connectivity index (χ1) is 4.66. The molecule has 0 saturated heterocycles. The summed E-state index contributed by atoms with van der Waals surface area (Å²) in [7, 11) is -1.24. The quantitative estimate of drug-likeness (QED) is 0.450. The summed E-state index contributed by atoms with van der Waals surface area (Å²) in [6.07, 6.45) is 0.618. The van der Waals surface area contributed by atoms with Gasteiger partial charge in [-0.05, 0) is 0 Å². The van der Waals surface area contributed by atoms with E-state index >= 15 is 0 Å². The SMILES string of the molecule is C[P+](=O)CCC(=O)NCO. The van der Waals surface area contributed by atoms with Crippen LogP contribution in [0.3, 0.4) is 0 Å². The van der Waals surface area contributed by atoms with Crippen LogP contribution in [0.5, 0.6) is 0 Å². The molecule has 0 spiro atoms. The lowest BCUT2D eigenvalue weighted by Crippen LogP contribution is -2.24. The average molecular weight is 164 g/mol. The summed E-state index contributed by atoms with van der Waals surface area (Å²) in [6.45, 7) is 1.22. The average Bonchev–Trinajstić information content (AvgIpc) is 1.85. The van der Waals surface area contributed by atoms with Gasteiger partial charge in [-0.2, -0.15) is 0 Å². The number of rotatable bonds is 4. The Labute approximate surface area is 60.4 Å². The number of nitrogens with one attached hydrogen (secondary N) is 1.